The Morgan fingerprint density at radius 2 is 2.15 bits per heavy atom. The van der Waals surface area contributed by atoms with Crippen LogP contribution in [0.5, 0.6) is 0 Å². The lowest BCUT2D eigenvalue weighted by molar-refractivity contribution is 0.0467. The Balaban J connectivity index is 1.84. The van der Waals surface area contributed by atoms with Gasteiger partial charge in [-0.1, -0.05) is 6.42 Å². The summed E-state index contributed by atoms with van der Waals surface area (Å²) in [6.07, 6.45) is 4.28. The van der Waals surface area contributed by atoms with Crippen LogP contribution in [-0.4, -0.2) is 55.7 Å². The van der Waals surface area contributed by atoms with Gasteiger partial charge in [0.1, 0.15) is 0 Å². The second kappa shape index (κ2) is 4.40. The summed E-state index contributed by atoms with van der Waals surface area (Å²) in [5.41, 5.74) is 0. The third kappa shape index (κ3) is 2.22. The van der Waals surface area contributed by atoms with Crippen LogP contribution in [0.3, 0.4) is 0 Å². The first kappa shape index (κ1) is 9.44. The van der Waals surface area contributed by atoms with Gasteiger partial charge in [-0.2, -0.15) is 0 Å². The van der Waals surface area contributed by atoms with Crippen molar-refractivity contribution in [3.8, 4) is 0 Å². The normalized spacial score (nSPS) is 31.6. The van der Waals surface area contributed by atoms with E-state index < -0.39 is 0 Å². The molecular weight excluding hydrogens is 162 g/mol. The van der Waals surface area contributed by atoms with Gasteiger partial charge in [-0.05, 0) is 26.4 Å². The number of nitrogens with zero attached hydrogens (tertiary/aromatic N) is 2. The largest absolute Gasteiger partial charge is 0.307 e. The number of rotatable bonds is 2. The van der Waals surface area contributed by atoms with Gasteiger partial charge in [0.15, 0.2) is 0 Å². The SMILES string of the molecule is CNCN1CCN2CCCCC2C1. The van der Waals surface area contributed by atoms with E-state index in [0.29, 0.717) is 0 Å². The highest BCUT2D eigenvalue weighted by atomic mass is 15.3. The summed E-state index contributed by atoms with van der Waals surface area (Å²) in [4.78, 5) is 5.21. The molecule has 0 amide bonds. The predicted molar refractivity (Wildman–Crippen MR) is 54.7 cm³/mol. The van der Waals surface area contributed by atoms with Crippen molar-refractivity contribution in [2.45, 2.75) is 25.3 Å². The molecule has 1 atom stereocenters. The molecule has 0 aliphatic carbocycles. The molecule has 76 valence electrons. The average Bonchev–Trinajstić information content (AvgIpc) is 2.18. The zero-order valence-corrected chi connectivity index (χ0v) is 8.63. The highest BCUT2D eigenvalue weighted by Gasteiger charge is 2.28. The summed E-state index contributed by atoms with van der Waals surface area (Å²) in [6.45, 7) is 6.22. The molecule has 0 radical (unpaired) electrons. The number of hydrogen-bond donors (Lipinski definition) is 1. The minimum Gasteiger partial charge on any atom is -0.307 e. The van der Waals surface area contributed by atoms with E-state index in [2.05, 4.69) is 15.1 Å². The van der Waals surface area contributed by atoms with Crippen molar-refractivity contribution < 1.29 is 0 Å². The van der Waals surface area contributed by atoms with Crippen molar-refractivity contribution >= 4 is 0 Å². The average molecular weight is 183 g/mol. The predicted octanol–water partition coefficient (Wildman–Crippen LogP) is 0.333. The molecule has 3 nitrogen and oxygen atoms in total. The minimum absolute atomic E-state index is 0.857. The van der Waals surface area contributed by atoms with Gasteiger partial charge in [0.25, 0.3) is 0 Å². The maximum atomic E-state index is 3.24. The smallest absolute Gasteiger partial charge is 0.0479 e. The maximum absolute atomic E-state index is 3.24. The first-order chi connectivity index (χ1) is 6.40. The van der Waals surface area contributed by atoms with Gasteiger partial charge >= 0.3 is 0 Å². The van der Waals surface area contributed by atoms with E-state index >= 15 is 0 Å². The summed E-state index contributed by atoms with van der Waals surface area (Å²) in [5, 5.41) is 3.24. The second-order valence-electron chi connectivity index (χ2n) is 4.27. The molecule has 2 aliphatic heterocycles. The number of fused-ring (bicyclic) bond motifs is 1. The van der Waals surface area contributed by atoms with E-state index in [1.165, 1.54) is 45.4 Å². The van der Waals surface area contributed by atoms with Gasteiger partial charge in [0.2, 0.25) is 0 Å². The zero-order valence-electron chi connectivity index (χ0n) is 8.63. The van der Waals surface area contributed by atoms with Gasteiger partial charge in [-0.3, -0.25) is 9.80 Å². The number of piperidine rings is 1. The van der Waals surface area contributed by atoms with E-state index in [1.807, 2.05) is 7.05 Å². The quantitative estimate of drug-likeness (QED) is 0.666. The Bertz CT molecular complexity index is 160. The van der Waals surface area contributed by atoms with Gasteiger partial charge in [0.05, 0.1) is 0 Å². The molecule has 2 aliphatic rings. The molecule has 2 heterocycles. The number of nitrogens with one attached hydrogen (secondary N) is 1. The molecule has 2 fully saturated rings. The van der Waals surface area contributed by atoms with Crippen LogP contribution in [0.15, 0.2) is 0 Å². The zero-order chi connectivity index (χ0) is 9.10. The first-order valence-electron chi connectivity index (χ1n) is 5.51. The van der Waals surface area contributed by atoms with Crippen molar-refractivity contribution in [2.24, 2.45) is 0 Å². The Hall–Kier alpha value is -0.120. The van der Waals surface area contributed by atoms with Crippen LogP contribution in [0.2, 0.25) is 0 Å². The van der Waals surface area contributed by atoms with E-state index in [1.54, 1.807) is 0 Å². The van der Waals surface area contributed by atoms with Crippen molar-refractivity contribution in [3.05, 3.63) is 0 Å². The number of hydrogen-bond acceptors (Lipinski definition) is 3. The summed E-state index contributed by atoms with van der Waals surface area (Å²) in [5.74, 6) is 0. The second-order valence-corrected chi connectivity index (χ2v) is 4.27. The molecule has 3 heteroatoms. The lowest BCUT2D eigenvalue weighted by Gasteiger charge is -2.43. The monoisotopic (exact) mass is 183 g/mol. The summed E-state index contributed by atoms with van der Waals surface area (Å²) in [7, 11) is 2.03. The van der Waals surface area contributed by atoms with E-state index in [0.717, 1.165) is 12.7 Å². The number of piperazine rings is 1. The Morgan fingerprint density at radius 3 is 3.00 bits per heavy atom. The molecule has 0 aromatic heterocycles. The fourth-order valence-corrected chi connectivity index (χ4v) is 2.59. The van der Waals surface area contributed by atoms with Crippen LogP contribution in [0, 0.1) is 0 Å². The van der Waals surface area contributed by atoms with Crippen molar-refractivity contribution in [1.29, 1.82) is 0 Å². The molecule has 13 heavy (non-hydrogen) atoms. The van der Waals surface area contributed by atoms with Crippen molar-refractivity contribution in [2.75, 3.05) is 39.9 Å². The Labute approximate surface area is 81.1 Å². The third-order valence-electron chi connectivity index (χ3n) is 3.30. The molecule has 2 rings (SSSR count). The molecule has 0 bridgehead atoms. The van der Waals surface area contributed by atoms with Crippen LogP contribution in [0.25, 0.3) is 0 Å². The topological polar surface area (TPSA) is 18.5 Å². The van der Waals surface area contributed by atoms with Crippen molar-refractivity contribution in [3.63, 3.8) is 0 Å². The first-order valence-corrected chi connectivity index (χ1v) is 5.51. The molecule has 0 saturated carbocycles. The fourth-order valence-electron chi connectivity index (χ4n) is 2.59. The third-order valence-corrected chi connectivity index (χ3v) is 3.30. The van der Waals surface area contributed by atoms with Gasteiger partial charge < -0.3 is 5.32 Å². The Morgan fingerprint density at radius 1 is 1.23 bits per heavy atom. The van der Waals surface area contributed by atoms with Crippen LogP contribution >= 0.6 is 0 Å². The van der Waals surface area contributed by atoms with Gasteiger partial charge in [-0.25, -0.2) is 0 Å². The highest BCUT2D eigenvalue weighted by Crippen LogP contribution is 2.20. The Kier molecular flexibility index (Phi) is 3.19. The molecular formula is C10H21N3. The maximum Gasteiger partial charge on any atom is 0.0479 e. The van der Waals surface area contributed by atoms with Crippen molar-refractivity contribution in [1.82, 2.24) is 15.1 Å². The molecule has 0 spiro atoms. The van der Waals surface area contributed by atoms with Gasteiger partial charge in [0, 0.05) is 32.3 Å². The molecule has 1 N–H and O–H groups in total. The molecule has 0 aromatic rings. The molecule has 0 aromatic carbocycles. The van der Waals surface area contributed by atoms with Gasteiger partial charge in [-0.15, -0.1) is 0 Å². The fraction of sp³-hybridized carbons (Fsp3) is 1.00. The lowest BCUT2D eigenvalue weighted by Crippen LogP contribution is -2.56. The van der Waals surface area contributed by atoms with Crippen LogP contribution < -0.4 is 5.32 Å². The van der Waals surface area contributed by atoms with Crippen LogP contribution in [0.4, 0.5) is 0 Å². The standard InChI is InChI=1S/C10H21N3/c1-11-9-12-6-7-13-5-3-2-4-10(13)8-12/h10-11H,2-9H2,1H3. The minimum atomic E-state index is 0.857. The highest BCUT2D eigenvalue weighted by molar-refractivity contribution is 4.84. The van der Waals surface area contributed by atoms with E-state index in [9.17, 15) is 0 Å². The van der Waals surface area contributed by atoms with E-state index in [-0.39, 0.29) is 0 Å². The van der Waals surface area contributed by atoms with E-state index in [4.69, 9.17) is 0 Å². The summed E-state index contributed by atoms with van der Waals surface area (Å²) < 4.78 is 0. The molecule has 1 unspecified atom stereocenters. The molecule has 2 saturated heterocycles. The summed E-state index contributed by atoms with van der Waals surface area (Å²) in [6, 6.07) is 0.857. The lowest BCUT2D eigenvalue weighted by atomic mass is 10.00. The summed E-state index contributed by atoms with van der Waals surface area (Å²) >= 11 is 0. The van der Waals surface area contributed by atoms with Crippen LogP contribution in [0.1, 0.15) is 19.3 Å². The van der Waals surface area contributed by atoms with Crippen LogP contribution in [-0.2, 0) is 0 Å².